The Labute approximate surface area is 205 Å². The summed E-state index contributed by atoms with van der Waals surface area (Å²) in [5, 5.41) is 2.21. The van der Waals surface area contributed by atoms with Gasteiger partial charge in [0, 0.05) is 32.1 Å². The molecule has 0 radical (unpaired) electrons. The van der Waals surface area contributed by atoms with E-state index in [1.165, 1.54) is 42.4 Å². The molecule has 5 aliphatic rings. The van der Waals surface area contributed by atoms with Gasteiger partial charge >= 0.3 is 0 Å². The number of hydrogen-bond acceptors (Lipinski definition) is 2. The third-order valence-corrected chi connectivity index (χ3v) is 19.4. The smallest absolute Gasteiger partial charge is 0.126 e. The van der Waals surface area contributed by atoms with Crippen molar-refractivity contribution >= 4 is 25.7 Å². The minimum atomic E-state index is -1.19. The van der Waals surface area contributed by atoms with Gasteiger partial charge in [0.1, 0.15) is 28.0 Å². The predicted octanol–water partition coefficient (Wildman–Crippen LogP) is 7.08. The molecule has 1 saturated heterocycles. The van der Waals surface area contributed by atoms with Gasteiger partial charge in [-0.15, -0.1) is 0 Å². The molecular weight excluding hydrogens is 454 g/mol. The molecule has 176 valence electrons. The maximum absolute atomic E-state index is 5.62. The van der Waals surface area contributed by atoms with Crippen molar-refractivity contribution in [2.24, 2.45) is 5.92 Å². The topological polar surface area (TPSA) is 18.5 Å². The summed E-state index contributed by atoms with van der Waals surface area (Å²) in [6.45, 7) is 10.8. The van der Waals surface area contributed by atoms with Gasteiger partial charge in [-0.05, 0) is 71.9 Å². The molecule has 0 amide bonds. The number of rotatable bonds is 2. The molecule has 2 aromatic carbocycles. The first kappa shape index (κ1) is 21.6. The summed E-state index contributed by atoms with van der Waals surface area (Å²) < 4.78 is 11.2. The molecular formula is C30H36O2P2+2. The Bertz CT molecular complexity index is 1320. The van der Waals surface area contributed by atoms with Crippen LogP contribution in [0.2, 0.25) is 0 Å². The zero-order valence-electron chi connectivity index (χ0n) is 21.3. The maximum Gasteiger partial charge on any atom is 0.126 e. The Morgan fingerprint density at radius 1 is 0.824 bits per heavy atom. The number of allylic oxidation sites excluding steroid dienone is 4. The number of benzene rings is 2. The number of hydrogen-bond donors (Lipinski definition) is 0. The van der Waals surface area contributed by atoms with Gasteiger partial charge in [-0.2, -0.15) is 0 Å². The quantitative estimate of drug-likeness (QED) is 0.419. The molecule has 2 aliphatic carbocycles. The summed E-state index contributed by atoms with van der Waals surface area (Å²) in [5.41, 5.74) is 11.2. The summed E-state index contributed by atoms with van der Waals surface area (Å²) in [6, 6.07) is 13.8. The van der Waals surface area contributed by atoms with Crippen LogP contribution in [0.1, 0.15) is 35.1 Å². The molecule has 0 saturated carbocycles. The van der Waals surface area contributed by atoms with Crippen LogP contribution in [-0.2, 0) is 12.8 Å². The fourth-order valence-corrected chi connectivity index (χ4v) is 19.5. The van der Waals surface area contributed by atoms with E-state index in [2.05, 4.69) is 69.1 Å². The van der Waals surface area contributed by atoms with Crippen LogP contribution in [0, 0.1) is 5.92 Å². The molecule has 7 rings (SSSR count). The minimum absolute atomic E-state index is 0.340. The lowest BCUT2D eigenvalue weighted by atomic mass is 9.64. The van der Waals surface area contributed by atoms with Gasteiger partial charge in [0.25, 0.3) is 0 Å². The number of ether oxygens (including phenoxy) is 2. The first-order valence-electron chi connectivity index (χ1n) is 12.7. The molecule has 4 atom stereocenters. The number of methoxy groups -OCH3 is 2. The van der Waals surface area contributed by atoms with Crippen LogP contribution in [0.5, 0.6) is 11.5 Å². The second kappa shape index (κ2) is 6.78. The average Bonchev–Trinajstić information content (AvgIpc) is 3.31. The molecule has 2 bridgehead atoms. The maximum atomic E-state index is 5.62. The van der Waals surface area contributed by atoms with E-state index >= 15 is 0 Å². The third-order valence-electron chi connectivity index (χ3n) is 10.5. The van der Waals surface area contributed by atoms with E-state index in [0.29, 0.717) is 11.1 Å². The molecule has 3 aliphatic heterocycles. The summed E-state index contributed by atoms with van der Waals surface area (Å²) >= 11 is 0. The summed E-state index contributed by atoms with van der Waals surface area (Å²) in [7, 11) is 1.21. The van der Waals surface area contributed by atoms with Crippen molar-refractivity contribution in [2.75, 3.05) is 40.9 Å². The van der Waals surface area contributed by atoms with Gasteiger partial charge in [0.05, 0.1) is 52.1 Å². The number of fused-ring (bicyclic) bond motifs is 8. The highest BCUT2D eigenvalue weighted by Gasteiger charge is 2.83. The van der Waals surface area contributed by atoms with E-state index in [9.17, 15) is 0 Å². The van der Waals surface area contributed by atoms with Crippen molar-refractivity contribution in [1.29, 1.82) is 0 Å². The largest absolute Gasteiger partial charge is 0.497 e. The highest BCUT2D eigenvalue weighted by atomic mass is 31.2. The lowest BCUT2D eigenvalue weighted by Gasteiger charge is -2.43. The van der Waals surface area contributed by atoms with Crippen LogP contribution in [0.4, 0.5) is 0 Å². The average molecular weight is 491 g/mol. The van der Waals surface area contributed by atoms with Crippen molar-refractivity contribution in [3.63, 3.8) is 0 Å². The zero-order valence-corrected chi connectivity index (χ0v) is 23.1. The van der Waals surface area contributed by atoms with Crippen molar-refractivity contribution in [3.8, 4) is 11.5 Å². The molecule has 1 fully saturated rings. The van der Waals surface area contributed by atoms with Gasteiger partial charge < -0.3 is 9.47 Å². The Balaban J connectivity index is 1.46. The molecule has 1 spiro atoms. The van der Waals surface area contributed by atoms with E-state index in [4.69, 9.17) is 9.47 Å². The minimum Gasteiger partial charge on any atom is -0.497 e. The van der Waals surface area contributed by atoms with Crippen LogP contribution in [0.3, 0.4) is 0 Å². The van der Waals surface area contributed by atoms with E-state index in [0.717, 1.165) is 22.8 Å². The van der Waals surface area contributed by atoms with E-state index in [1.807, 2.05) is 5.31 Å². The van der Waals surface area contributed by atoms with Crippen molar-refractivity contribution in [2.45, 2.75) is 42.2 Å². The monoisotopic (exact) mass is 490 g/mol. The zero-order chi connectivity index (χ0) is 23.6. The second-order valence-corrected chi connectivity index (χ2v) is 20.6. The summed E-state index contributed by atoms with van der Waals surface area (Å²) in [6.07, 6.45) is 7.72. The fraction of sp³-hybridized carbons (Fsp3) is 0.467. The molecule has 3 heterocycles. The highest BCUT2D eigenvalue weighted by molar-refractivity contribution is 7.84. The third kappa shape index (κ3) is 2.32. The van der Waals surface area contributed by atoms with Gasteiger partial charge in [-0.25, -0.2) is 0 Å². The Morgan fingerprint density at radius 2 is 1.47 bits per heavy atom. The van der Waals surface area contributed by atoms with Gasteiger partial charge in [-0.3, -0.25) is 0 Å². The van der Waals surface area contributed by atoms with Gasteiger partial charge in [0.2, 0.25) is 0 Å². The van der Waals surface area contributed by atoms with E-state index < -0.39 is 14.5 Å². The fourth-order valence-electron chi connectivity index (χ4n) is 8.96. The van der Waals surface area contributed by atoms with Crippen molar-refractivity contribution in [1.82, 2.24) is 0 Å². The molecule has 0 unspecified atom stereocenters. The molecule has 4 heteroatoms. The lowest BCUT2D eigenvalue weighted by Crippen LogP contribution is -2.42. The lowest BCUT2D eigenvalue weighted by molar-refractivity contribution is 0.413. The van der Waals surface area contributed by atoms with Gasteiger partial charge in [0.15, 0.2) is 0 Å². The molecule has 34 heavy (non-hydrogen) atoms. The Kier molecular flexibility index (Phi) is 4.31. The standard InChI is InChI=1S/C30H36O2P2/c1-31-20-8-10-22-19(16-20)13-14-30-24(22)17-26(34(30,5)6)29-28(30)27-23-11-9-21(32-2)15-18(23)7-12-25(27)33(29,3)4/h8-11,15-17,26,28-29H,7,12-14H2,1-6H3/q+2/t26-,28+,29+,30+/m0/s1. The summed E-state index contributed by atoms with van der Waals surface area (Å²) in [4.78, 5) is 0. The van der Waals surface area contributed by atoms with E-state index in [-0.39, 0.29) is 0 Å². The van der Waals surface area contributed by atoms with Crippen LogP contribution in [-0.4, -0.2) is 57.4 Å². The first-order chi connectivity index (χ1) is 16.3. The summed E-state index contributed by atoms with van der Waals surface area (Å²) in [5.74, 6) is 2.70. The van der Waals surface area contributed by atoms with Crippen LogP contribution in [0.25, 0.3) is 11.1 Å². The first-order valence-corrected chi connectivity index (χ1v) is 18.2. The normalized spacial score (nSPS) is 32.9. The Hall–Kier alpha value is -1.62. The highest BCUT2D eigenvalue weighted by Crippen LogP contribution is 2.95. The Morgan fingerprint density at radius 3 is 2.15 bits per heavy atom. The molecule has 2 aromatic rings. The van der Waals surface area contributed by atoms with Crippen LogP contribution >= 0.6 is 14.5 Å². The van der Waals surface area contributed by atoms with Crippen LogP contribution < -0.4 is 9.47 Å². The SMILES string of the molecule is COc1ccc2c(c1)CC[C@@]13C2=C[C@@H]([C@@H]2[C@H]1C1=C(CCc4cc(OC)ccc41)[P+]2(C)C)[P+]3(C)C. The second-order valence-electron chi connectivity index (χ2n) is 11.9. The van der Waals surface area contributed by atoms with Gasteiger partial charge in [-0.1, -0.05) is 12.1 Å². The molecule has 0 aromatic heterocycles. The van der Waals surface area contributed by atoms with Crippen molar-refractivity contribution in [3.05, 3.63) is 70.0 Å². The van der Waals surface area contributed by atoms with E-state index in [1.54, 1.807) is 30.9 Å². The number of aryl methyl sites for hydroxylation is 2. The van der Waals surface area contributed by atoms with Crippen LogP contribution in [0.15, 0.2) is 47.8 Å². The predicted molar refractivity (Wildman–Crippen MR) is 149 cm³/mol. The molecule has 0 N–H and O–H groups in total. The van der Waals surface area contributed by atoms with Crippen molar-refractivity contribution < 1.29 is 9.47 Å². The molecule has 2 nitrogen and oxygen atoms in total.